The molecule has 2 aromatic rings. The standard InChI is InChI=1S/C16H16BrNO3/c17-12-4-1-3-11(9-12)15-7-6-13(21-15)10-18-8-2-5-14(18)16(19)20/h1,3-4,6-7,9,14H,2,5,8,10H2,(H,19,20). The summed E-state index contributed by atoms with van der Waals surface area (Å²) in [6.07, 6.45) is 1.64. The van der Waals surface area contributed by atoms with Gasteiger partial charge < -0.3 is 9.52 Å². The normalized spacial score (nSPS) is 19.0. The zero-order valence-electron chi connectivity index (χ0n) is 11.5. The van der Waals surface area contributed by atoms with Crippen molar-refractivity contribution < 1.29 is 14.3 Å². The molecule has 1 aromatic carbocycles. The Morgan fingerprint density at radius 2 is 2.24 bits per heavy atom. The lowest BCUT2D eigenvalue weighted by Crippen LogP contribution is -2.35. The van der Waals surface area contributed by atoms with E-state index in [2.05, 4.69) is 15.9 Å². The molecule has 0 spiro atoms. The molecule has 5 heteroatoms. The third-order valence-corrected chi connectivity index (χ3v) is 4.27. The Labute approximate surface area is 131 Å². The number of benzene rings is 1. The number of carboxylic acids is 1. The molecule has 0 saturated carbocycles. The maximum Gasteiger partial charge on any atom is 0.320 e. The summed E-state index contributed by atoms with van der Waals surface area (Å²) in [5.41, 5.74) is 1.01. The zero-order valence-corrected chi connectivity index (χ0v) is 13.0. The van der Waals surface area contributed by atoms with Crippen molar-refractivity contribution in [3.63, 3.8) is 0 Å². The number of carboxylic acid groups (broad SMARTS) is 1. The summed E-state index contributed by atoms with van der Waals surface area (Å²) in [7, 11) is 0. The van der Waals surface area contributed by atoms with Crippen molar-refractivity contribution in [3.8, 4) is 11.3 Å². The van der Waals surface area contributed by atoms with Crippen LogP contribution in [0.2, 0.25) is 0 Å². The highest BCUT2D eigenvalue weighted by Crippen LogP contribution is 2.27. The first-order chi connectivity index (χ1) is 10.1. The number of furan rings is 1. The summed E-state index contributed by atoms with van der Waals surface area (Å²) >= 11 is 3.45. The van der Waals surface area contributed by atoms with Crippen molar-refractivity contribution in [3.05, 3.63) is 46.6 Å². The Morgan fingerprint density at radius 1 is 1.38 bits per heavy atom. The van der Waals surface area contributed by atoms with Gasteiger partial charge in [-0.3, -0.25) is 9.69 Å². The van der Waals surface area contributed by atoms with E-state index in [0.29, 0.717) is 13.0 Å². The molecular formula is C16H16BrNO3. The Balaban J connectivity index is 1.75. The van der Waals surface area contributed by atoms with Gasteiger partial charge in [-0.05, 0) is 43.7 Å². The van der Waals surface area contributed by atoms with Crippen LogP contribution in [0.25, 0.3) is 11.3 Å². The molecule has 1 aliphatic rings. The van der Waals surface area contributed by atoms with Crippen molar-refractivity contribution in [2.45, 2.75) is 25.4 Å². The minimum atomic E-state index is -0.744. The molecule has 0 amide bonds. The van der Waals surface area contributed by atoms with E-state index in [9.17, 15) is 9.90 Å². The van der Waals surface area contributed by atoms with Gasteiger partial charge in [-0.1, -0.05) is 28.1 Å². The first kappa shape index (κ1) is 14.4. The van der Waals surface area contributed by atoms with Crippen molar-refractivity contribution >= 4 is 21.9 Å². The molecule has 21 heavy (non-hydrogen) atoms. The second kappa shape index (κ2) is 6.03. The number of aliphatic carboxylic acids is 1. The lowest BCUT2D eigenvalue weighted by atomic mass is 10.2. The fourth-order valence-electron chi connectivity index (χ4n) is 2.76. The van der Waals surface area contributed by atoms with Crippen LogP contribution in [0.1, 0.15) is 18.6 Å². The molecule has 4 nitrogen and oxygen atoms in total. The van der Waals surface area contributed by atoms with Crippen molar-refractivity contribution in [2.75, 3.05) is 6.54 Å². The number of hydrogen-bond acceptors (Lipinski definition) is 3. The van der Waals surface area contributed by atoms with Gasteiger partial charge in [0.1, 0.15) is 17.6 Å². The van der Waals surface area contributed by atoms with Crippen LogP contribution in [0.5, 0.6) is 0 Å². The molecule has 1 aliphatic heterocycles. The monoisotopic (exact) mass is 349 g/mol. The van der Waals surface area contributed by atoms with E-state index in [1.165, 1.54) is 0 Å². The molecule has 1 unspecified atom stereocenters. The van der Waals surface area contributed by atoms with Crippen molar-refractivity contribution in [1.82, 2.24) is 4.90 Å². The molecule has 110 valence electrons. The van der Waals surface area contributed by atoms with Crippen LogP contribution in [-0.2, 0) is 11.3 Å². The number of likely N-dealkylation sites (tertiary alicyclic amines) is 1. The molecule has 0 bridgehead atoms. The predicted octanol–water partition coefficient (Wildman–Crippen LogP) is 3.76. The van der Waals surface area contributed by atoms with Gasteiger partial charge in [-0.15, -0.1) is 0 Å². The van der Waals surface area contributed by atoms with E-state index in [1.54, 1.807) is 0 Å². The number of rotatable bonds is 4. The minimum absolute atomic E-state index is 0.385. The van der Waals surface area contributed by atoms with Gasteiger partial charge in [-0.2, -0.15) is 0 Å². The van der Waals surface area contributed by atoms with Crippen LogP contribution in [-0.4, -0.2) is 28.6 Å². The van der Waals surface area contributed by atoms with E-state index in [0.717, 1.165) is 34.5 Å². The van der Waals surface area contributed by atoms with Crippen LogP contribution < -0.4 is 0 Å². The molecule has 2 heterocycles. The minimum Gasteiger partial charge on any atom is -0.480 e. The van der Waals surface area contributed by atoms with Gasteiger partial charge in [0, 0.05) is 10.0 Å². The fraction of sp³-hybridized carbons (Fsp3) is 0.312. The van der Waals surface area contributed by atoms with Gasteiger partial charge in [0.15, 0.2) is 0 Å². The summed E-state index contributed by atoms with van der Waals surface area (Å²) in [5, 5.41) is 9.20. The number of hydrogen-bond donors (Lipinski definition) is 1. The van der Waals surface area contributed by atoms with E-state index in [-0.39, 0.29) is 6.04 Å². The first-order valence-electron chi connectivity index (χ1n) is 6.95. The summed E-state index contributed by atoms with van der Waals surface area (Å²) < 4.78 is 6.86. The smallest absolute Gasteiger partial charge is 0.320 e. The third kappa shape index (κ3) is 3.19. The van der Waals surface area contributed by atoms with Gasteiger partial charge in [0.2, 0.25) is 0 Å². The maximum atomic E-state index is 11.2. The third-order valence-electron chi connectivity index (χ3n) is 3.78. The average Bonchev–Trinajstić information content (AvgIpc) is 3.08. The number of nitrogens with zero attached hydrogens (tertiary/aromatic N) is 1. The van der Waals surface area contributed by atoms with E-state index >= 15 is 0 Å². The SMILES string of the molecule is O=C(O)C1CCCN1Cc1ccc(-c2cccc(Br)c2)o1. The summed E-state index contributed by atoms with van der Waals surface area (Å²) in [5.74, 6) is 0.863. The summed E-state index contributed by atoms with van der Waals surface area (Å²) in [6.45, 7) is 1.36. The lowest BCUT2D eigenvalue weighted by molar-refractivity contribution is -0.142. The van der Waals surface area contributed by atoms with Crippen LogP contribution >= 0.6 is 15.9 Å². The highest BCUT2D eigenvalue weighted by atomic mass is 79.9. The number of halogens is 1. The molecule has 1 saturated heterocycles. The Hall–Kier alpha value is -1.59. The topological polar surface area (TPSA) is 53.7 Å². The Kier molecular flexibility index (Phi) is 4.12. The van der Waals surface area contributed by atoms with Crippen molar-refractivity contribution in [2.24, 2.45) is 0 Å². The van der Waals surface area contributed by atoms with E-state index < -0.39 is 5.97 Å². The lowest BCUT2D eigenvalue weighted by Gasteiger charge is -2.19. The molecule has 1 fully saturated rings. The van der Waals surface area contributed by atoms with Gasteiger partial charge in [0.25, 0.3) is 0 Å². The average molecular weight is 350 g/mol. The van der Waals surface area contributed by atoms with Gasteiger partial charge >= 0.3 is 5.97 Å². The molecule has 3 rings (SSSR count). The molecular weight excluding hydrogens is 334 g/mol. The summed E-state index contributed by atoms with van der Waals surface area (Å²) in [6, 6.07) is 11.4. The molecule has 0 radical (unpaired) electrons. The second-order valence-electron chi connectivity index (χ2n) is 5.24. The fourth-order valence-corrected chi connectivity index (χ4v) is 3.15. The van der Waals surface area contributed by atoms with Crippen LogP contribution in [0.15, 0.2) is 45.3 Å². The predicted molar refractivity (Wildman–Crippen MR) is 82.9 cm³/mol. The quantitative estimate of drug-likeness (QED) is 0.912. The molecule has 1 aromatic heterocycles. The van der Waals surface area contributed by atoms with Gasteiger partial charge in [0.05, 0.1) is 6.54 Å². The molecule has 1 atom stereocenters. The van der Waals surface area contributed by atoms with Crippen LogP contribution in [0.4, 0.5) is 0 Å². The molecule has 0 aliphatic carbocycles. The van der Waals surface area contributed by atoms with Gasteiger partial charge in [-0.25, -0.2) is 0 Å². The highest BCUT2D eigenvalue weighted by molar-refractivity contribution is 9.10. The largest absolute Gasteiger partial charge is 0.480 e. The second-order valence-corrected chi connectivity index (χ2v) is 6.16. The van der Waals surface area contributed by atoms with E-state index in [1.807, 2.05) is 41.3 Å². The first-order valence-corrected chi connectivity index (χ1v) is 7.74. The Bertz CT molecular complexity index is 652. The Morgan fingerprint density at radius 3 is 3.00 bits per heavy atom. The van der Waals surface area contributed by atoms with Crippen LogP contribution in [0, 0.1) is 0 Å². The zero-order chi connectivity index (χ0) is 14.8. The highest BCUT2D eigenvalue weighted by Gasteiger charge is 2.30. The van der Waals surface area contributed by atoms with E-state index in [4.69, 9.17) is 4.42 Å². The molecule has 1 N–H and O–H groups in total. The number of carbonyl (C=O) groups is 1. The van der Waals surface area contributed by atoms with Crippen LogP contribution in [0.3, 0.4) is 0 Å². The van der Waals surface area contributed by atoms with Crippen molar-refractivity contribution in [1.29, 1.82) is 0 Å². The maximum absolute atomic E-state index is 11.2. The summed E-state index contributed by atoms with van der Waals surface area (Å²) in [4.78, 5) is 13.2.